The molecular formula is C17H25NOS. The van der Waals surface area contributed by atoms with Crippen LogP contribution in [0.3, 0.4) is 0 Å². The largest absolute Gasteiger partial charge is 0.380 e. The number of hydrogen-bond acceptors (Lipinski definition) is 3. The fraction of sp³-hybridized carbons (Fsp3) is 0.529. The minimum atomic E-state index is 0.390. The van der Waals surface area contributed by atoms with Crippen LogP contribution >= 0.6 is 11.3 Å². The van der Waals surface area contributed by atoms with Crippen molar-refractivity contribution in [1.29, 1.82) is 0 Å². The van der Waals surface area contributed by atoms with Crippen molar-refractivity contribution in [3.8, 4) is 0 Å². The lowest BCUT2D eigenvalue weighted by atomic mass is 10.1. The molecule has 3 heteroatoms. The maximum absolute atomic E-state index is 5.63. The first kappa shape index (κ1) is 15.5. The molecule has 0 amide bonds. The summed E-state index contributed by atoms with van der Waals surface area (Å²) in [7, 11) is 0. The van der Waals surface area contributed by atoms with Crippen molar-refractivity contribution in [2.45, 2.75) is 33.2 Å². The molecule has 0 aliphatic heterocycles. The van der Waals surface area contributed by atoms with Gasteiger partial charge in [0.05, 0.1) is 6.61 Å². The summed E-state index contributed by atoms with van der Waals surface area (Å²) in [6.07, 6.45) is 1.14. The van der Waals surface area contributed by atoms with Crippen LogP contribution in [-0.4, -0.2) is 19.8 Å². The van der Waals surface area contributed by atoms with Crippen LogP contribution in [0.4, 0.5) is 0 Å². The molecule has 0 saturated carbocycles. The molecule has 20 heavy (non-hydrogen) atoms. The standard InChI is InChI=1S/C17H25NOS/c1-13(2)8-10-19-11-9-18-14(3)17-12-15-6-4-5-7-16(15)20-17/h4-7,12-14,18H,8-11H2,1-3H3. The Hall–Kier alpha value is -0.900. The molecule has 0 bridgehead atoms. The van der Waals surface area contributed by atoms with Gasteiger partial charge in [0, 0.05) is 28.8 Å². The fourth-order valence-corrected chi connectivity index (χ4v) is 3.18. The van der Waals surface area contributed by atoms with Crippen LogP contribution in [0.25, 0.3) is 10.1 Å². The highest BCUT2D eigenvalue weighted by Gasteiger charge is 2.08. The van der Waals surface area contributed by atoms with Crippen LogP contribution in [-0.2, 0) is 4.74 Å². The highest BCUT2D eigenvalue weighted by atomic mass is 32.1. The Morgan fingerprint density at radius 3 is 2.70 bits per heavy atom. The molecule has 0 spiro atoms. The summed E-state index contributed by atoms with van der Waals surface area (Å²) in [6, 6.07) is 11.2. The van der Waals surface area contributed by atoms with Crippen molar-refractivity contribution in [3.63, 3.8) is 0 Å². The number of thiophene rings is 1. The maximum Gasteiger partial charge on any atom is 0.0591 e. The van der Waals surface area contributed by atoms with Gasteiger partial charge in [-0.15, -0.1) is 11.3 Å². The number of nitrogens with one attached hydrogen (secondary N) is 1. The van der Waals surface area contributed by atoms with Crippen molar-refractivity contribution >= 4 is 21.4 Å². The smallest absolute Gasteiger partial charge is 0.0591 e. The molecule has 1 atom stereocenters. The van der Waals surface area contributed by atoms with Crippen molar-refractivity contribution in [3.05, 3.63) is 35.2 Å². The van der Waals surface area contributed by atoms with Crippen LogP contribution in [0.1, 0.15) is 38.1 Å². The first-order chi connectivity index (χ1) is 9.66. The zero-order valence-corrected chi connectivity index (χ0v) is 13.5. The Morgan fingerprint density at radius 1 is 1.15 bits per heavy atom. The third-order valence-electron chi connectivity index (χ3n) is 3.41. The summed E-state index contributed by atoms with van der Waals surface area (Å²) in [4.78, 5) is 1.40. The van der Waals surface area contributed by atoms with E-state index in [1.165, 1.54) is 15.0 Å². The summed E-state index contributed by atoms with van der Waals surface area (Å²) >= 11 is 1.87. The second kappa shape index (κ2) is 7.77. The van der Waals surface area contributed by atoms with Gasteiger partial charge in [0.15, 0.2) is 0 Å². The van der Waals surface area contributed by atoms with Gasteiger partial charge in [0.25, 0.3) is 0 Å². The number of fused-ring (bicyclic) bond motifs is 1. The average molecular weight is 291 g/mol. The van der Waals surface area contributed by atoms with Gasteiger partial charge in [-0.2, -0.15) is 0 Å². The van der Waals surface area contributed by atoms with Crippen molar-refractivity contribution in [1.82, 2.24) is 5.32 Å². The summed E-state index contributed by atoms with van der Waals surface area (Å²) in [5.74, 6) is 0.723. The molecular weight excluding hydrogens is 266 g/mol. The van der Waals surface area contributed by atoms with Gasteiger partial charge in [-0.05, 0) is 36.8 Å². The van der Waals surface area contributed by atoms with Crippen LogP contribution < -0.4 is 5.32 Å². The van der Waals surface area contributed by atoms with E-state index < -0.39 is 0 Å². The van der Waals surface area contributed by atoms with E-state index in [0.717, 1.165) is 32.1 Å². The number of hydrogen-bond donors (Lipinski definition) is 1. The minimum Gasteiger partial charge on any atom is -0.380 e. The monoisotopic (exact) mass is 291 g/mol. The quantitative estimate of drug-likeness (QED) is 0.717. The molecule has 1 unspecified atom stereocenters. The van der Waals surface area contributed by atoms with Gasteiger partial charge in [0.1, 0.15) is 0 Å². The Kier molecular flexibility index (Phi) is 6.02. The molecule has 0 aliphatic carbocycles. The number of rotatable bonds is 8. The van der Waals surface area contributed by atoms with E-state index in [4.69, 9.17) is 4.74 Å². The third-order valence-corrected chi connectivity index (χ3v) is 4.71. The Labute approximate surface area is 126 Å². The van der Waals surface area contributed by atoms with Gasteiger partial charge in [-0.3, -0.25) is 0 Å². The van der Waals surface area contributed by atoms with E-state index in [1.54, 1.807) is 0 Å². The Morgan fingerprint density at radius 2 is 1.95 bits per heavy atom. The molecule has 1 aromatic carbocycles. The van der Waals surface area contributed by atoms with Gasteiger partial charge >= 0.3 is 0 Å². The molecule has 2 aromatic rings. The van der Waals surface area contributed by atoms with E-state index >= 15 is 0 Å². The van der Waals surface area contributed by atoms with Gasteiger partial charge in [-0.1, -0.05) is 32.0 Å². The van der Waals surface area contributed by atoms with Gasteiger partial charge in [0.2, 0.25) is 0 Å². The second-order valence-electron chi connectivity index (χ2n) is 5.66. The first-order valence-electron chi connectivity index (χ1n) is 7.46. The zero-order valence-electron chi connectivity index (χ0n) is 12.7. The van der Waals surface area contributed by atoms with Crippen LogP contribution in [0.2, 0.25) is 0 Å². The Balaban J connectivity index is 1.73. The highest BCUT2D eigenvalue weighted by Crippen LogP contribution is 2.29. The fourth-order valence-electron chi connectivity index (χ4n) is 2.09. The van der Waals surface area contributed by atoms with Crippen molar-refractivity contribution in [2.75, 3.05) is 19.8 Å². The SMILES string of the molecule is CC(C)CCOCCNC(C)c1cc2ccccc2s1. The predicted molar refractivity (Wildman–Crippen MR) is 88.5 cm³/mol. The predicted octanol–water partition coefficient (Wildman–Crippen LogP) is 4.61. The zero-order chi connectivity index (χ0) is 14.4. The maximum atomic E-state index is 5.63. The molecule has 110 valence electrons. The van der Waals surface area contributed by atoms with Crippen molar-refractivity contribution < 1.29 is 4.74 Å². The highest BCUT2D eigenvalue weighted by molar-refractivity contribution is 7.19. The van der Waals surface area contributed by atoms with Gasteiger partial charge < -0.3 is 10.1 Å². The van der Waals surface area contributed by atoms with E-state index in [-0.39, 0.29) is 0 Å². The normalized spacial score (nSPS) is 13.2. The summed E-state index contributed by atoms with van der Waals surface area (Å²) in [6.45, 7) is 9.25. The van der Waals surface area contributed by atoms with Crippen LogP contribution in [0.5, 0.6) is 0 Å². The summed E-state index contributed by atoms with van der Waals surface area (Å²) in [5, 5.41) is 4.88. The van der Waals surface area contributed by atoms with E-state index in [0.29, 0.717) is 6.04 Å². The van der Waals surface area contributed by atoms with Crippen molar-refractivity contribution in [2.24, 2.45) is 5.92 Å². The second-order valence-corrected chi connectivity index (χ2v) is 6.77. The first-order valence-corrected chi connectivity index (χ1v) is 8.28. The molecule has 2 rings (SSSR count). The molecule has 0 aliphatic rings. The molecule has 0 radical (unpaired) electrons. The van der Waals surface area contributed by atoms with Gasteiger partial charge in [-0.25, -0.2) is 0 Å². The van der Waals surface area contributed by atoms with Crippen LogP contribution in [0, 0.1) is 5.92 Å². The lowest BCUT2D eigenvalue weighted by Crippen LogP contribution is -2.23. The average Bonchev–Trinajstić information content (AvgIpc) is 2.86. The summed E-state index contributed by atoms with van der Waals surface area (Å²) in [5.41, 5.74) is 0. The lowest BCUT2D eigenvalue weighted by Gasteiger charge is -2.12. The number of ether oxygens (including phenoxy) is 1. The van der Waals surface area contributed by atoms with E-state index in [1.807, 2.05) is 11.3 Å². The molecule has 0 saturated heterocycles. The molecule has 0 fully saturated rings. The van der Waals surface area contributed by atoms with E-state index in [9.17, 15) is 0 Å². The van der Waals surface area contributed by atoms with E-state index in [2.05, 4.69) is 56.4 Å². The third kappa shape index (κ3) is 4.58. The number of benzene rings is 1. The van der Waals surface area contributed by atoms with Crippen LogP contribution in [0.15, 0.2) is 30.3 Å². The lowest BCUT2D eigenvalue weighted by molar-refractivity contribution is 0.124. The topological polar surface area (TPSA) is 21.3 Å². The minimum absolute atomic E-state index is 0.390. The molecule has 2 nitrogen and oxygen atoms in total. The molecule has 1 aromatic heterocycles. The Bertz CT molecular complexity index is 487. The molecule has 1 N–H and O–H groups in total. The molecule has 1 heterocycles. The summed E-state index contributed by atoms with van der Waals surface area (Å²) < 4.78 is 7.00.